The Hall–Kier alpha value is -4.41. The van der Waals surface area contributed by atoms with Gasteiger partial charge >= 0.3 is 12.2 Å². The molecule has 0 aliphatic rings. The lowest BCUT2D eigenvalue weighted by atomic mass is 10.1. The van der Waals surface area contributed by atoms with Crippen molar-refractivity contribution in [2.24, 2.45) is 0 Å². The van der Waals surface area contributed by atoms with Gasteiger partial charge in [-0.1, -0.05) is 12.1 Å². The maximum atomic E-state index is 12.7. The van der Waals surface area contributed by atoms with Gasteiger partial charge in [-0.05, 0) is 42.5 Å². The fourth-order valence-electron chi connectivity index (χ4n) is 3.01. The lowest BCUT2D eigenvalue weighted by Crippen LogP contribution is -2.19. The number of benzene rings is 2. The summed E-state index contributed by atoms with van der Waals surface area (Å²) >= 11 is 0. The van der Waals surface area contributed by atoms with E-state index in [1.54, 1.807) is 30.5 Å². The first-order valence-corrected chi connectivity index (χ1v) is 9.28. The number of carbonyl (C=O) groups excluding carboxylic acids is 1. The number of nitrogens with one attached hydrogen (secondary N) is 3. The van der Waals surface area contributed by atoms with E-state index in [1.807, 2.05) is 6.07 Å². The zero-order chi connectivity index (χ0) is 22.7. The average molecular weight is 439 g/mol. The van der Waals surface area contributed by atoms with E-state index in [-0.39, 0.29) is 11.6 Å². The number of halogens is 3. The molecule has 0 aliphatic carbocycles. The fraction of sp³-hybridized carbons (Fsp3) is 0.0476. The van der Waals surface area contributed by atoms with E-state index in [0.29, 0.717) is 28.2 Å². The molecule has 0 radical (unpaired) electrons. The van der Waals surface area contributed by atoms with Gasteiger partial charge in [0, 0.05) is 34.9 Å². The van der Waals surface area contributed by atoms with E-state index in [0.717, 1.165) is 12.1 Å². The molecule has 0 bridgehead atoms. The van der Waals surface area contributed by atoms with Crippen LogP contribution < -0.4 is 16.4 Å². The van der Waals surface area contributed by atoms with Gasteiger partial charge in [-0.2, -0.15) is 18.3 Å². The Morgan fingerprint density at radius 3 is 2.47 bits per heavy atom. The largest absolute Gasteiger partial charge is 0.416 e. The summed E-state index contributed by atoms with van der Waals surface area (Å²) in [4.78, 5) is 20.4. The lowest BCUT2D eigenvalue weighted by Gasteiger charge is -2.10. The second-order valence-corrected chi connectivity index (χ2v) is 6.68. The van der Waals surface area contributed by atoms with Crippen LogP contribution in [0.5, 0.6) is 0 Å². The minimum atomic E-state index is -4.44. The number of H-pyrrole nitrogens is 1. The Labute approximate surface area is 179 Å². The maximum Gasteiger partial charge on any atom is 0.416 e. The van der Waals surface area contributed by atoms with Crippen LogP contribution in [0.15, 0.2) is 67.0 Å². The summed E-state index contributed by atoms with van der Waals surface area (Å²) in [6.07, 6.45) is -1.23. The predicted molar refractivity (Wildman–Crippen MR) is 114 cm³/mol. The van der Waals surface area contributed by atoms with Crippen LogP contribution in [0.3, 0.4) is 0 Å². The molecule has 0 saturated heterocycles. The zero-order valence-electron chi connectivity index (χ0n) is 16.3. The molecule has 32 heavy (non-hydrogen) atoms. The summed E-state index contributed by atoms with van der Waals surface area (Å²) in [5.74, 6) is 0.130. The number of nitrogens with zero attached hydrogens (tertiary/aromatic N) is 3. The molecule has 2 aromatic heterocycles. The molecule has 5 N–H and O–H groups in total. The van der Waals surface area contributed by atoms with Crippen molar-refractivity contribution >= 4 is 23.4 Å². The summed E-state index contributed by atoms with van der Waals surface area (Å²) in [6, 6.07) is 12.2. The Bertz CT molecular complexity index is 1250. The second-order valence-electron chi connectivity index (χ2n) is 6.68. The molecule has 0 saturated carbocycles. The van der Waals surface area contributed by atoms with Crippen molar-refractivity contribution in [2.75, 3.05) is 16.4 Å². The van der Waals surface area contributed by atoms with Crippen molar-refractivity contribution in [3.63, 3.8) is 0 Å². The van der Waals surface area contributed by atoms with E-state index in [9.17, 15) is 18.0 Å². The van der Waals surface area contributed by atoms with Crippen LogP contribution in [0.25, 0.3) is 22.5 Å². The van der Waals surface area contributed by atoms with Crippen LogP contribution in [0.4, 0.5) is 35.3 Å². The van der Waals surface area contributed by atoms with Crippen LogP contribution in [-0.2, 0) is 6.18 Å². The Kier molecular flexibility index (Phi) is 5.46. The van der Waals surface area contributed by atoms with Gasteiger partial charge in [0.2, 0.25) is 5.95 Å². The number of nitrogen functional groups attached to an aromatic ring is 1. The number of hydrogen-bond donors (Lipinski definition) is 4. The lowest BCUT2D eigenvalue weighted by molar-refractivity contribution is -0.137. The molecule has 0 unspecified atom stereocenters. The standard InChI is InChI=1S/C21H16F3N7O/c22-21(23,24)13-4-6-14(7-5-13)28-20(32)29-15-3-1-2-12(10-15)18-16(11-27-31-18)17-8-9-26-19(25)30-17/h1-11H,(H,27,31)(H2,25,26,30)(H2,28,29,32). The number of amides is 2. The molecular weight excluding hydrogens is 423 g/mol. The van der Waals surface area contributed by atoms with Crippen LogP contribution in [0, 0.1) is 0 Å². The number of aromatic nitrogens is 4. The number of anilines is 3. The Morgan fingerprint density at radius 1 is 1.00 bits per heavy atom. The van der Waals surface area contributed by atoms with Crippen molar-refractivity contribution < 1.29 is 18.0 Å². The minimum Gasteiger partial charge on any atom is -0.368 e. The fourth-order valence-corrected chi connectivity index (χ4v) is 3.01. The van der Waals surface area contributed by atoms with Crippen molar-refractivity contribution in [1.82, 2.24) is 20.2 Å². The number of urea groups is 1. The molecule has 0 atom stereocenters. The molecule has 0 fully saturated rings. The van der Waals surface area contributed by atoms with Crippen LogP contribution in [-0.4, -0.2) is 26.2 Å². The molecular formula is C21H16F3N7O. The topological polar surface area (TPSA) is 122 Å². The van der Waals surface area contributed by atoms with Crippen molar-refractivity contribution in [2.45, 2.75) is 6.18 Å². The molecule has 0 spiro atoms. The Balaban J connectivity index is 1.50. The van der Waals surface area contributed by atoms with Crippen molar-refractivity contribution in [3.8, 4) is 22.5 Å². The van der Waals surface area contributed by atoms with Gasteiger partial charge in [0.15, 0.2) is 0 Å². The number of nitrogens with two attached hydrogens (primary N) is 1. The molecule has 4 rings (SSSR count). The van der Waals surface area contributed by atoms with Gasteiger partial charge in [0.25, 0.3) is 0 Å². The summed E-state index contributed by atoms with van der Waals surface area (Å²) in [7, 11) is 0. The first-order valence-electron chi connectivity index (χ1n) is 9.28. The number of carbonyl (C=O) groups is 1. The van der Waals surface area contributed by atoms with Gasteiger partial charge in [-0.3, -0.25) is 5.10 Å². The van der Waals surface area contributed by atoms with Crippen LogP contribution >= 0.6 is 0 Å². The Morgan fingerprint density at radius 2 is 1.75 bits per heavy atom. The first kappa shape index (κ1) is 20.8. The first-order chi connectivity index (χ1) is 15.3. The third kappa shape index (κ3) is 4.67. The van der Waals surface area contributed by atoms with Gasteiger partial charge in [-0.25, -0.2) is 14.8 Å². The maximum absolute atomic E-state index is 12.7. The molecule has 11 heteroatoms. The highest BCUT2D eigenvalue weighted by molar-refractivity contribution is 6.00. The van der Waals surface area contributed by atoms with Crippen LogP contribution in [0.2, 0.25) is 0 Å². The summed E-state index contributed by atoms with van der Waals surface area (Å²) < 4.78 is 38.0. The highest BCUT2D eigenvalue weighted by Gasteiger charge is 2.30. The van der Waals surface area contributed by atoms with E-state index in [2.05, 4.69) is 30.8 Å². The summed E-state index contributed by atoms with van der Waals surface area (Å²) in [5.41, 5.74) is 8.13. The third-order valence-electron chi connectivity index (χ3n) is 4.45. The summed E-state index contributed by atoms with van der Waals surface area (Å²) in [6.45, 7) is 0. The minimum absolute atomic E-state index is 0.130. The highest BCUT2D eigenvalue weighted by atomic mass is 19.4. The van der Waals surface area contributed by atoms with Crippen molar-refractivity contribution in [1.29, 1.82) is 0 Å². The average Bonchev–Trinajstić information content (AvgIpc) is 3.24. The number of rotatable bonds is 4. The molecule has 162 valence electrons. The van der Waals surface area contributed by atoms with Gasteiger partial charge in [-0.15, -0.1) is 0 Å². The monoisotopic (exact) mass is 439 g/mol. The molecule has 2 amide bonds. The zero-order valence-corrected chi connectivity index (χ0v) is 16.3. The van der Waals surface area contributed by atoms with E-state index in [1.165, 1.54) is 18.3 Å². The molecule has 4 aromatic rings. The molecule has 8 nitrogen and oxygen atoms in total. The quantitative estimate of drug-likeness (QED) is 0.365. The smallest absolute Gasteiger partial charge is 0.368 e. The number of alkyl halides is 3. The second kappa shape index (κ2) is 8.38. The third-order valence-corrected chi connectivity index (χ3v) is 4.45. The predicted octanol–water partition coefficient (Wildman–Crippen LogP) is 4.78. The van der Waals surface area contributed by atoms with E-state index < -0.39 is 17.8 Å². The van der Waals surface area contributed by atoms with E-state index in [4.69, 9.17) is 5.73 Å². The molecule has 0 aliphatic heterocycles. The van der Waals surface area contributed by atoms with E-state index >= 15 is 0 Å². The van der Waals surface area contributed by atoms with Gasteiger partial charge in [0.05, 0.1) is 11.3 Å². The highest BCUT2D eigenvalue weighted by Crippen LogP contribution is 2.31. The SMILES string of the molecule is Nc1nccc(-c2c[nH]nc2-c2cccc(NC(=O)Nc3ccc(C(F)(F)F)cc3)c2)n1. The summed E-state index contributed by atoms with van der Waals surface area (Å²) in [5, 5.41) is 12.2. The number of hydrogen-bond acceptors (Lipinski definition) is 5. The van der Waals surface area contributed by atoms with Gasteiger partial charge in [0.1, 0.15) is 5.69 Å². The van der Waals surface area contributed by atoms with Crippen molar-refractivity contribution in [3.05, 3.63) is 72.6 Å². The van der Waals surface area contributed by atoms with Crippen LogP contribution in [0.1, 0.15) is 5.56 Å². The molecule has 2 aromatic carbocycles. The van der Waals surface area contributed by atoms with Gasteiger partial charge < -0.3 is 16.4 Å². The number of aromatic amines is 1. The normalized spacial score (nSPS) is 11.2. The molecule has 2 heterocycles.